The van der Waals surface area contributed by atoms with Crippen LogP contribution in [-0.2, 0) is 13.0 Å². The third kappa shape index (κ3) is 3.45. The summed E-state index contributed by atoms with van der Waals surface area (Å²) in [5.41, 5.74) is 3.60. The van der Waals surface area contributed by atoms with Crippen LogP contribution in [0.1, 0.15) is 35.1 Å². The summed E-state index contributed by atoms with van der Waals surface area (Å²) in [7, 11) is 0. The summed E-state index contributed by atoms with van der Waals surface area (Å²) in [4.78, 5) is 21.3. The van der Waals surface area contributed by atoms with Crippen molar-refractivity contribution >= 4 is 17.1 Å². The summed E-state index contributed by atoms with van der Waals surface area (Å²) < 4.78 is 2.15. The second kappa shape index (κ2) is 7.25. The first-order valence-corrected chi connectivity index (χ1v) is 8.34. The number of hydrogen-bond donors (Lipinski definition) is 1. The van der Waals surface area contributed by atoms with E-state index >= 15 is 0 Å². The van der Waals surface area contributed by atoms with Gasteiger partial charge in [-0.1, -0.05) is 24.6 Å². The molecule has 3 aromatic rings. The van der Waals surface area contributed by atoms with Gasteiger partial charge in [-0.2, -0.15) is 0 Å². The minimum absolute atomic E-state index is 0.0463. The van der Waals surface area contributed by atoms with Crippen molar-refractivity contribution in [2.75, 3.05) is 6.54 Å². The zero-order valence-electron chi connectivity index (χ0n) is 14.1. The molecule has 3 rings (SSSR count). The van der Waals surface area contributed by atoms with E-state index in [9.17, 15) is 4.79 Å². The number of carbonyl (C=O) groups is 1. The molecular formula is C19H22N4O. The number of fused-ring (bicyclic) bond motifs is 1. The molecule has 1 N–H and O–H groups in total. The number of aryl methyl sites for hydroxylation is 2. The van der Waals surface area contributed by atoms with E-state index in [4.69, 9.17) is 0 Å². The lowest BCUT2D eigenvalue weighted by atomic mass is 10.1. The maximum atomic E-state index is 12.2. The van der Waals surface area contributed by atoms with Gasteiger partial charge in [0.1, 0.15) is 11.3 Å². The number of rotatable bonds is 6. The Morgan fingerprint density at radius 3 is 2.92 bits per heavy atom. The second-order valence-electron chi connectivity index (χ2n) is 5.90. The fourth-order valence-corrected chi connectivity index (χ4v) is 2.83. The number of imidazole rings is 1. The van der Waals surface area contributed by atoms with Gasteiger partial charge in [0.25, 0.3) is 5.91 Å². The summed E-state index contributed by atoms with van der Waals surface area (Å²) >= 11 is 0. The fourth-order valence-electron chi connectivity index (χ4n) is 2.83. The molecule has 1 amide bonds. The molecule has 2 aromatic heterocycles. The van der Waals surface area contributed by atoms with E-state index in [2.05, 4.69) is 26.8 Å². The maximum absolute atomic E-state index is 12.2. The summed E-state index contributed by atoms with van der Waals surface area (Å²) in [6.07, 6.45) is 3.50. The smallest absolute Gasteiger partial charge is 0.251 e. The molecule has 0 radical (unpaired) electrons. The van der Waals surface area contributed by atoms with Crippen molar-refractivity contribution in [1.29, 1.82) is 0 Å². The number of pyridine rings is 1. The Kier molecular flexibility index (Phi) is 4.89. The number of nitrogens with one attached hydrogen (secondary N) is 1. The van der Waals surface area contributed by atoms with Gasteiger partial charge in [-0.15, -0.1) is 0 Å². The number of hydrogen-bond acceptors (Lipinski definition) is 3. The van der Waals surface area contributed by atoms with Crippen molar-refractivity contribution in [2.24, 2.45) is 0 Å². The highest BCUT2D eigenvalue weighted by Gasteiger charge is 2.11. The quantitative estimate of drug-likeness (QED) is 0.758. The predicted molar refractivity (Wildman–Crippen MR) is 95.0 cm³/mol. The summed E-state index contributed by atoms with van der Waals surface area (Å²) in [6, 6.07) is 11.5. The van der Waals surface area contributed by atoms with Crippen molar-refractivity contribution in [3.63, 3.8) is 0 Å². The standard InChI is InChI=1S/C19H22N4O/c1-3-12-23-17(22-16-8-5-10-20-18(16)23)9-11-21-19(24)15-7-4-6-14(2)13-15/h4-8,10,13H,3,9,11-12H2,1-2H3,(H,21,24). The molecule has 0 unspecified atom stereocenters. The van der Waals surface area contributed by atoms with Crippen LogP contribution in [0.3, 0.4) is 0 Å². The van der Waals surface area contributed by atoms with Gasteiger partial charge in [0.2, 0.25) is 0 Å². The summed E-state index contributed by atoms with van der Waals surface area (Å²) in [6.45, 7) is 5.56. The number of benzene rings is 1. The van der Waals surface area contributed by atoms with Gasteiger partial charge in [0, 0.05) is 31.3 Å². The van der Waals surface area contributed by atoms with Crippen molar-refractivity contribution < 1.29 is 4.79 Å². The Morgan fingerprint density at radius 2 is 2.12 bits per heavy atom. The average Bonchev–Trinajstić information content (AvgIpc) is 2.93. The van der Waals surface area contributed by atoms with Gasteiger partial charge >= 0.3 is 0 Å². The molecule has 0 saturated carbocycles. The fraction of sp³-hybridized carbons (Fsp3) is 0.316. The number of aromatic nitrogens is 3. The number of amides is 1. The molecular weight excluding hydrogens is 300 g/mol. The molecule has 24 heavy (non-hydrogen) atoms. The number of carbonyl (C=O) groups excluding carboxylic acids is 1. The van der Waals surface area contributed by atoms with Gasteiger partial charge < -0.3 is 9.88 Å². The lowest BCUT2D eigenvalue weighted by Gasteiger charge is -2.08. The van der Waals surface area contributed by atoms with Crippen LogP contribution in [0.5, 0.6) is 0 Å². The molecule has 124 valence electrons. The number of nitrogens with zero attached hydrogens (tertiary/aromatic N) is 3. The molecule has 0 atom stereocenters. The largest absolute Gasteiger partial charge is 0.352 e. The molecule has 1 aromatic carbocycles. The molecule has 0 spiro atoms. The van der Waals surface area contributed by atoms with Crippen molar-refractivity contribution in [2.45, 2.75) is 33.2 Å². The highest BCUT2D eigenvalue weighted by molar-refractivity contribution is 5.94. The molecule has 0 aliphatic carbocycles. The van der Waals surface area contributed by atoms with Crippen LogP contribution in [0.2, 0.25) is 0 Å². The van der Waals surface area contributed by atoms with E-state index in [0.717, 1.165) is 35.5 Å². The molecule has 0 aliphatic rings. The SMILES string of the molecule is CCCn1c(CCNC(=O)c2cccc(C)c2)nc2cccnc21. The topological polar surface area (TPSA) is 59.8 Å². The van der Waals surface area contributed by atoms with Crippen LogP contribution in [0.25, 0.3) is 11.2 Å². The Hall–Kier alpha value is -2.69. The average molecular weight is 322 g/mol. The van der Waals surface area contributed by atoms with E-state index in [1.54, 1.807) is 6.20 Å². The minimum atomic E-state index is -0.0463. The van der Waals surface area contributed by atoms with Crippen molar-refractivity contribution in [1.82, 2.24) is 19.9 Å². The molecule has 5 nitrogen and oxygen atoms in total. The van der Waals surface area contributed by atoms with Crippen LogP contribution >= 0.6 is 0 Å². The zero-order chi connectivity index (χ0) is 16.9. The Morgan fingerprint density at radius 1 is 1.25 bits per heavy atom. The first kappa shape index (κ1) is 16.2. The van der Waals surface area contributed by atoms with Gasteiger partial charge in [0.15, 0.2) is 5.65 Å². The van der Waals surface area contributed by atoms with Crippen LogP contribution in [-0.4, -0.2) is 27.0 Å². The molecule has 5 heteroatoms. The predicted octanol–water partition coefficient (Wildman–Crippen LogP) is 3.12. The van der Waals surface area contributed by atoms with E-state index in [0.29, 0.717) is 18.5 Å². The summed E-state index contributed by atoms with van der Waals surface area (Å²) in [5, 5.41) is 2.98. The Balaban J connectivity index is 1.69. The minimum Gasteiger partial charge on any atom is -0.352 e. The third-order valence-electron chi connectivity index (χ3n) is 3.94. The highest BCUT2D eigenvalue weighted by atomic mass is 16.1. The Bertz CT molecular complexity index is 853. The molecule has 0 fully saturated rings. The van der Waals surface area contributed by atoms with E-state index in [-0.39, 0.29) is 5.91 Å². The molecule has 0 aliphatic heterocycles. The van der Waals surface area contributed by atoms with Crippen LogP contribution in [0, 0.1) is 6.92 Å². The summed E-state index contributed by atoms with van der Waals surface area (Å²) in [5.74, 6) is 0.921. The van der Waals surface area contributed by atoms with Crippen LogP contribution < -0.4 is 5.32 Å². The molecule has 2 heterocycles. The van der Waals surface area contributed by atoms with Gasteiger partial charge in [-0.25, -0.2) is 9.97 Å². The van der Waals surface area contributed by atoms with Crippen molar-refractivity contribution in [3.8, 4) is 0 Å². The van der Waals surface area contributed by atoms with E-state index < -0.39 is 0 Å². The van der Waals surface area contributed by atoms with Gasteiger partial charge in [0.05, 0.1) is 0 Å². The van der Waals surface area contributed by atoms with Crippen LogP contribution in [0.15, 0.2) is 42.6 Å². The third-order valence-corrected chi connectivity index (χ3v) is 3.94. The zero-order valence-corrected chi connectivity index (χ0v) is 14.1. The molecule has 0 saturated heterocycles. The lowest BCUT2D eigenvalue weighted by Crippen LogP contribution is -2.26. The van der Waals surface area contributed by atoms with Gasteiger partial charge in [-0.05, 0) is 37.6 Å². The lowest BCUT2D eigenvalue weighted by molar-refractivity contribution is 0.0954. The second-order valence-corrected chi connectivity index (χ2v) is 5.90. The van der Waals surface area contributed by atoms with E-state index in [1.807, 2.05) is 43.3 Å². The monoisotopic (exact) mass is 322 g/mol. The van der Waals surface area contributed by atoms with Gasteiger partial charge in [-0.3, -0.25) is 4.79 Å². The first-order chi connectivity index (χ1) is 11.7. The maximum Gasteiger partial charge on any atom is 0.251 e. The molecule has 0 bridgehead atoms. The Labute approximate surface area is 141 Å². The van der Waals surface area contributed by atoms with Crippen molar-refractivity contribution in [3.05, 3.63) is 59.5 Å². The van der Waals surface area contributed by atoms with E-state index in [1.165, 1.54) is 0 Å². The first-order valence-electron chi connectivity index (χ1n) is 8.34. The van der Waals surface area contributed by atoms with Crippen LogP contribution in [0.4, 0.5) is 0 Å². The normalized spacial score (nSPS) is 10.9. The highest BCUT2D eigenvalue weighted by Crippen LogP contribution is 2.14.